The molecule has 4 nitrogen and oxygen atoms in total. The van der Waals surface area contributed by atoms with Gasteiger partial charge in [-0.15, -0.1) is 0 Å². The first-order valence-electron chi connectivity index (χ1n) is 7.78. The molecule has 1 saturated carbocycles. The maximum atomic E-state index is 12.6. The Hall–Kier alpha value is -1.07. The Balaban J connectivity index is 2.06. The first-order valence-corrected chi connectivity index (χ1v) is 8.57. The SMILES string of the molecule is COc1ccc(C(C)NC(=O)C2CCCCC2(C)N)cc1Br. The van der Waals surface area contributed by atoms with Gasteiger partial charge in [-0.05, 0) is 60.3 Å². The number of nitrogens with two attached hydrogens (primary N) is 1. The van der Waals surface area contributed by atoms with Gasteiger partial charge < -0.3 is 15.8 Å². The van der Waals surface area contributed by atoms with Gasteiger partial charge in [0.1, 0.15) is 5.75 Å². The van der Waals surface area contributed by atoms with Crippen LogP contribution in [0, 0.1) is 5.92 Å². The predicted molar refractivity (Wildman–Crippen MR) is 91.8 cm³/mol. The molecule has 2 rings (SSSR count). The lowest BCUT2D eigenvalue weighted by atomic mass is 9.74. The van der Waals surface area contributed by atoms with Gasteiger partial charge in [0.05, 0.1) is 23.5 Å². The Morgan fingerprint density at radius 1 is 1.50 bits per heavy atom. The summed E-state index contributed by atoms with van der Waals surface area (Å²) >= 11 is 3.48. The van der Waals surface area contributed by atoms with Crippen LogP contribution in [0.1, 0.15) is 51.1 Å². The third-order valence-electron chi connectivity index (χ3n) is 4.61. The molecule has 1 amide bonds. The second-order valence-corrected chi connectivity index (χ2v) is 7.28. The Morgan fingerprint density at radius 2 is 2.23 bits per heavy atom. The molecule has 0 spiro atoms. The molecule has 3 N–H and O–H groups in total. The number of carbonyl (C=O) groups excluding carboxylic acids is 1. The zero-order valence-electron chi connectivity index (χ0n) is 13.5. The van der Waals surface area contributed by atoms with Crippen LogP contribution >= 0.6 is 15.9 Å². The molecule has 0 aliphatic heterocycles. The van der Waals surface area contributed by atoms with Crippen LogP contribution in [0.5, 0.6) is 5.75 Å². The summed E-state index contributed by atoms with van der Waals surface area (Å²) in [5.41, 5.74) is 6.95. The fourth-order valence-electron chi connectivity index (χ4n) is 3.14. The van der Waals surface area contributed by atoms with Gasteiger partial charge in [-0.2, -0.15) is 0 Å². The molecular weight excluding hydrogens is 344 g/mol. The van der Waals surface area contributed by atoms with Gasteiger partial charge in [-0.25, -0.2) is 0 Å². The Kier molecular flexibility index (Phi) is 5.50. The van der Waals surface area contributed by atoms with Crippen LogP contribution in [-0.2, 0) is 4.79 Å². The molecular formula is C17H25BrN2O2. The molecule has 5 heteroatoms. The molecule has 3 atom stereocenters. The van der Waals surface area contributed by atoms with E-state index in [2.05, 4.69) is 21.2 Å². The van der Waals surface area contributed by atoms with Crippen LogP contribution in [0.2, 0.25) is 0 Å². The number of rotatable bonds is 4. The summed E-state index contributed by atoms with van der Waals surface area (Å²) in [6, 6.07) is 5.78. The zero-order valence-corrected chi connectivity index (χ0v) is 15.1. The molecule has 1 aromatic rings. The first-order chi connectivity index (χ1) is 10.3. The third-order valence-corrected chi connectivity index (χ3v) is 5.23. The number of amides is 1. The maximum Gasteiger partial charge on any atom is 0.225 e. The summed E-state index contributed by atoms with van der Waals surface area (Å²) in [5, 5.41) is 3.11. The number of nitrogens with one attached hydrogen (secondary N) is 1. The van der Waals surface area contributed by atoms with Crippen LogP contribution in [0.4, 0.5) is 0 Å². The number of hydrogen-bond acceptors (Lipinski definition) is 3. The number of benzene rings is 1. The molecule has 22 heavy (non-hydrogen) atoms. The van der Waals surface area contributed by atoms with Crippen molar-refractivity contribution < 1.29 is 9.53 Å². The van der Waals surface area contributed by atoms with E-state index < -0.39 is 5.54 Å². The molecule has 1 aliphatic rings. The summed E-state index contributed by atoms with van der Waals surface area (Å²) in [5.74, 6) is 0.735. The minimum atomic E-state index is -0.400. The van der Waals surface area contributed by atoms with E-state index in [1.54, 1.807) is 7.11 Å². The van der Waals surface area contributed by atoms with Gasteiger partial charge in [-0.1, -0.05) is 18.9 Å². The average molecular weight is 369 g/mol. The average Bonchev–Trinajstić information content (AvgIpc) is 2.46. The summed E-state index contributed by atoms with van der Waals surface area (Å²) in [6.07, 6.45) is 3.97. The van der Waals surface area contributed by atoms with E-state index in [0.29, 0.717) is 0 Å². The van der Waals surface area contributed by atoms with Gasteiger partial charge in [0.15, 0.2) is 0 Å². The molecule has 1 aromatic carbocycles. The predicted octanol–water partition coefficient (Wildman–Crippen LogP) is 3.54. The van der Waals surface area contributed by atoms with Gasteiger partial charge in [-0.3, -0.25) is 4.79 Å². The molecule has 0 saturated heterocycles. The highest BCUT2D eigenvalue weighted by Gasteiger charge is 2.38. The van der Waals surface area contributed by atoms with Gasteiger partial charge in [0.25, 0.3) is 0 Å². The van der Waals surface area contributed by atoms with Crippen molar-refractivity contribution in [2.45, 2.75) is 51.1 Å². The van der Waals surface area contributed by atoms with Crippen LogP contribution in [0.15, 0.2) is 22.7 Å². The standard InChI is InChI=1S/C17H25BrN2O2/c1-11(12-7-8-15(22-3)14(18)10-12)20-16(21)13-6-4-5-9-17(13,2)19/h7-8,10-11,13H,4-6,9,19H2,1-3H3,(H,20,21). The molecule has 0 heterocycles. The van der Waals surface area contributed by atoms with E-state index >= 15 is 0 Å². The highest BCUT2D eigenvalue weighted by molar-refractivity contribution is 9.10. The lowest BCUT2D eigenvalue weighted by Gasteiger charge is -2.37. The van der Waals surface area contributed by atoms with Gasteiger partial charge in [0.2, 0.25) is 5.91 Å². The normalized spacial score (nSPS) is 26.3. The highest BCUT2D eigenvalue weighted by Crippen LogP contribution is 2.33. The lowest BCUT2D eigenvalue weighted by molar-refractivity contribution is -0.128. The van der Waals surface area contributed by atoms with Crippen LogP contribution < -0.4 is 15.8 Å². The quantitative estimate of drug-likeness (QED) is 0.853. The maximum absolute atomic E-state index is 12.6. The molecule has 1 aliphatic carbocycles. The van der Waals surface area contributed by atoms with E-state index in [1.165, 1.54) is 0 Å². The minimum Gasteiger partial charge on any atom is -0.496 e. The number of hydrogen-bond donors (Lipinski definition) is 2. The zero-order chi connectivity index (χ0) is 16.3. The van der Waals surface area contributed by atoms with E-state index in [0.717, 1.165) is 41.5 Å². The molecule has 122 valence electrons. The summed E-state index contributed by atoms with van der Waals surface area (Å²) in [4.78, 5) is 12.6. The van der Waals surface area contributed by atoms with Crippen molar-refractivity contribution in [2.75, 3.05) is 7.11 Å². The van der Waals surface area contributed by atoms with Crippen LogP contribution in [0.3, 0.4) is 0 Å². The van der Waals surface area contributed by atoms with Gasteiger partial charge >= 0.3 is 0 Å². The number of halogens is 1. The number of ether oxygens (including phenoxy) is 1. The second-order valence-electron chi connectivity index (χ2n) is 6.43. The summed E-state index contributed by atoms with van der Waals surface area (Å²) < 4.78 is 6.12. The topological polar surface area (TPSA) is 64.3 Å². The highest BCUT2D eigenvalue weighted by atomic mass is 79.9. The summed E-state index contributed by atoms with van der Waals surface area (Å²) in [6.45, 7) is 3.98. The van der Waals surface area contributed by atoms with Crippen molar-refractivity contribution in [2.24, 2.45) is 11.7 Å². The smallest absolute Gasteiger partial charge is 0.225 e. The monoisotopic (exact) mass is 368 g/mol. The second kappa shape index (κ2) is 7.01. The van der Waals surface area contributed by atoms with E-state index in [9.17, 15) is 4.79 Å². The Labute approximate surface area is 140 Å². The van der Waals surface area contributed by atoms with Crippen molar-refractivity contribution in [3.8, 4) is 5.75 Å². The molecule has 3 unspecified atom stereocenters. The molecule has 0 bridgehead atoms. The van der Waals surface area contributed by atoms with Crippen molar-refractivity contribution in [1.82, 2.24) is 5.32 Å². The fourth-order valence-corrected chi connectivity index (χ4v) is 3.70. The van der Waals surface area contributed by atoms with Crippen molar-refractivity contribution >= 4 is 21.8 Å². The molecule has 0 aromatic heterocycles. The number of carbonyl (C=O) groups is 1. The van der Waals surface area contributed by atoms with Crippen LogP contribution in [-0.4, -0.2) is 18.6 Å². The van der Waals surface area contributed by atoms with Crippen molar-refractivity contribution in [1.29, 1.82) is 0 Å². The third kappa shape index (κ3) is 3.82. The fraction of sp³-hybridized carbons (Fsp3) is 0.588. The summed E-state index contributed by atoms with van der Waals surface area (Å²) in [7, 11) is 1.64. The number of methoxy groups -OCH3 is 1. The van der Waals surface area contributed by atoms with Crippen LogP contribution in [0.25, 0.3) is 0 Å². The first kappa shape index (κ1) is 17.3. The Bertz CT molecular complexity index is 545. The largest absolute Gasteiger partial charge is 0.496 e. The lowest BCUT2D eigenvalue weighted by Crippen LogP contribution is -2.53. The molecule has 0 radical (unpaired) electrons. The van der Waals surface area contributed by atoms with Crippen molar-refractivity contribution in [3.05, 3.63) is 28.2 Å². The minimum absolute atomic E-state index is 0.0594. The molecule has 1 fully saturated rings. The Morgan fingerprint density at radius 3 is 2.82 bits per heavy atom. The van der Waals surface area contributed by atoms with E-state index in [-0.39, 0.29) is 17.9 Å². The van der Waals surface area contributed by atoms with E-state index in [1.807, 2.05) is 32.0 Å². The van der Waals surface area contributed by atoms with E-state index in [4.69, 9.17) is 10.5 Å². The van der Waals surface area contributed by atoms with Gasteiger partial charge in [0, 0.05) is 5.54 Å². The van der Waals surface area contributed by atoms with Crippen molar-refractivity contribution in [3.63, 3.8) is 0 Å².